The average Bonchev–Trinajstić information content (AvgIpc) is 2.46. The Bertz CT molecular complexity index is 634. The fraction of sp³-hybridized carbons (Fsp3) is 0.143. The summed E-state index contributed by atoms with van der Waals surface area (Å²) in [4.78, 5) is 4.22. The molecular formula is C14H14ClN3OS. The molecular weight excluding hydrogens is 294 g/mol. The Morgan fingerprint density at radius 1 is 1.45 bits per heavy atom. The van der Waals surface area contributed by atoms with Crippen molar-refractivity contribution in [2.24, 2.45) is 5.73 Å². The van der Waals surface area contributed by atoms with Gasteiger partial charge in [-0.25, -0.2) is 4.98 Å². The smallest absolute Gasteiger partial charge is 0.129 e. The highest BCUT2D eigenvalue weighted by molar-refractivity contribution is 7.98. The average molecular weight is 308 g/mol. The van der Waals surface area contributed by atoms with Crippen molar-refractivity contribution in [1.29, 1.82) is 5.41 Å². The van der Waals surface area contributed by atoms with E-state index in [0.717, 1.165) is 10.6 Å². The van der Waals surface area contributed by atoms with Crippen LogP contribution in [0.25, 0.3) is 0 Å². The molecule has 0 unspecified atom stereocenters. The van der Waals surface area contributed by atoms with Crippen LogP contribution in [0.1, 0.15) is 11.1 Å². The van der Waals surface area contributed by atoms with E-state index in [1.807, 2.05) is 24.3 Å². The molecule has 3 N–H and O–H groups in total. The summed E-state index contributed by atoms with van der Waals surface area (Å²) < 4.78 is 5.18. The molecule has 0 amide bonds. The first-order valence-electron chi connectivity index (χ1n) is 5.86. The number of halogens is 1. The van der Waals surface area contributed by atoms with E-state index in [1.165, 1.54) is 11.8 Å². The number of hydrogen-bond acceptors (Lipinski definition) is 4. The summed E-state index contributed by atoms with van der Waals surface area (Å²) in [6.45, 7) is 0. The maximum Gasteiger partial charge on any atom is 0.129 e. The van der Waals surface area contributed by atoms with Crippen molar-refractivity contribution in [3.8, 4) is 5.75 Å². The third kappa shape index (κ3) is 3.43. The molecule has 0 fully saturated rings. The minimum Gasteiger partial charge on any atom is -0.496 e. The van der Waals surface area contributed by atoms with Crippen molar-refractivity contribution in [2.75, 3.05) is 7.11 Å². The zero-order valence-electron chi connectivity index (χ0n) is 10.9. The van der Waals surface area contributed by atoms with Gasteiger partial charge in [0.2, 0.25) is 0 Å². The van der Waals surface area contributed by atoms with Gasteiger partial charge in [-0.3, -0.25) is 5.41 Å². The van der Waals surface area contributed by atoms with Crippen LogP contribution in [0.4, 0.5) is 0 Å². The van der Waals surface area contributed by atoms with E-state index in [9.17, 15) is 0 Å². The van der Waals surface area contributed by atoms with Crippen LogP contribution in [-0.4, -0.2) is 17.9 Å². The number of amidine groups is 1. The number of nitrogen functional groups attached to an aromatic ring is 1. The van der Waals surface area contributed by atoms with Crippen LogP contribution in [-0.2, 0) is 5.75 Å². The van der Waals surface area contributed by atoms with E-state index >= 15 is 0 Å². The maximum absolute atomic E-state index is 7.56. The molecule has 4 nitrogen and oxygen atoms in total. The molecule has 0 radical (unpaired) electrons. The number of ether oxygens (including phenoxy) is 1. The van der Waals surface area contributed by atoms with Gasteiger partial charge in [0.05, 0.1) is 17.7 Å². The van der Waals surface area contributed by atoms with Gasteiger partial charge in [0.15, 0.2) is 0 Å². The second-order valence-corrected chi connectivity index (χ2v) is 5.40. The molecule has 0 aliphatic heterocycles. The third-order valence-corrected chi connectivity index (χ3v) is 4.15. The van der Waals surface area contributed by atoms with E-state index in [1.54, 1.807) is 19.4 Å². The summed E-state index contributed by atoms with van der Waals surface area (Å²) in [6, 6.07) is 9.21. The van der Waals surface area contributed by atoms with Crippen molar-refractivity contribution in [1.82, 2.24) is 4.98 Å². The molecule has 0 saturated carbocycles. The fourth-order valence-electron chi connectivity index (χ4n) is 1.68. The van der Waals surface area contributed by atoms with Gasteiger partial charge in [0, 0.05) is 11.9 Å². The first kappa shape index (κ1) is 14.7. The van der Waals surface area contributed by atoms with E-state index in [2.05, 4.69) is 4.98 Å². The number of thioether (sulfide) groups is 1. The van der Waals surface area contributed by atoms with Crippen LogP contribution in [0.2, 0.25) is 5.02 Å². The number of hydrogen-bond donors (Lipinski definition) is 2. The van der Waals surface area contributed by atoms with Crippen LogP contribution in [0.15, 0.2) is 41.6 Å². The van der Waals surface area contributed by atoms with Gasteiger partial charge < -0.3 is 10.5 Å². The largest absolute Gasteiger partial charge is 0.496 e. The Hall–Kier alpha value is -1.72. The summed E-state index contributed by atoms with van der Waals surface area (Å²) in [7, 11) is 1.56. The molecule has 0 spiro atoms. The number of benzene rings is 1. The fourth-order valence-corrected chi connectivity index (χ4v) is 2.79. The second-order valence-electron chi connectivity index (χ2n) is 4.03. The lowest BCUT2D eigenvalue weighted by molar-refractivity contribution is 0.413. The molecule has 104 valence electrons. The summed E-state index contributed by atoms with van der Waals surface area (Å²) in [5.41, 5.74) is 7.18. The molecule has 0 aliphatic rings. The zero-order valence-corrected chi connectivity index (χ0v) is 12.5. The van der Waals surface area contributed by atoms with Crippen molar-refractivity contribution in [3.05, 3.63) is 52.7 Å². The van der Waals surface area contributed by atoms with Gasteiger partial charge in [-0.2, -0.15) is 0 Å². The predicted molar refractivity (Wildman–Crippen MR) is 82.8 cm³/mol. The molecule has 0 atom stereocenters. The van der Waals surface area contributed by atoms with Crippen molar-refractivity contribution >= 4 is 29.2 Å². The van der Waals surface area contributed by atoms with Gasteiger partial charge in [-0.05, 0) is 29.8 Å². The molecule has 2 rings (SSSR count). The standard InChI is InChI=1S/C14H14ClN3OS/c1-19-12-5-4-9(7-10(12)13(16)17)8-20-14-11(15)3-2-6-18-14/h2-7H,8H2,1H3,(H3,16,17). The number of methoxy groups -OCH3 is 1. The van der Waals surface area contributed by atoms with E-state index in [0.29, 0.717) is 22.1 Å². The number of rotatable bonds is 5. The SMILES string of the molecule is COc1ccc(CSc2ncccc2Cl)cc1C(=N)N. The molecule has 1 heterocycles. The summed E-state index contributed by atoms with van der Waals surface area (Å²) in [6.07, 6.45) is 1.71. The number of nitrogens with two attached hydrogens (primary N) is 1. The Balaban J connectivity index is 2.16. The molecule has 0 aliphatic carbocycles. The molecule has 6 heteroatoms. The van der Waals surface area contributed by atoms with E-state index < -0.39 is 0 Å². The Morgan fingerprint density at radius 3 is 2.90 bits per heavy atom. The Labute approximate surface area is 126 Å². The molecule has 2 aromatic rings. The molecule has 1 aromatic carbocycles. The van der Waals surface area contributed by atoms with Gasteiger partial charge in [0.25, 0.3) is 0 Å². The summed E-state index contributed by atoms with van der Waals surface area (Å²) in [5.74, 6) is 1.28. The van der Waals surface area contributed by atoms with Gasteiger partial charge >= 0.3 is 0 Å². The first-order valence-corrected chi connectivity index (χ1v) is 7.23. The molecule has 1 aromatic heterocycles. The quantitative estimate of drug-likeness (QED) is 0.505. The van der Waals surface area contributed by atoms with Gasteiger partial charge in [-0.1, -0.05) is 17.7 Å². The summed E-state index contributed by atoms with van der Waals surface area (Å²) in [5, 5.41) is 8.99. The third-order valence-electron chi connectivity index (χ3n) is 2.65. The lowest BCUT2D eigenvalue weighted by Crippen LogP contribution is -2.12. The number of nitrogens with zero attached hydrogens (tertiary/aromatic N) is 1. The highest BCUT2D eigenvalue weighted by atomic mass is 35.5. The van der Waals surface area contributed by atoms with Crippen LogP contribution in [0.5, 0.6) is 5.75 Å². The van der Waals surface area contributed by atoms with Crippen LogP contribution < -0.4 is 10.5 Å². The highest BCUT2D eigenvalue weighted by Gasteiger charge is 2.08. The van der Waals surface area contributed by atoms with Gasteiger partial charge in [0.1, 0.15) is 16.6 Å². The minimum atomic E-state index is -0.00966. The second kappa shape index (κ2) is 6.63. The number of aromatic nitrogens is 1. The highest BCUT2D eigenvalue weighted by Crippen LogP contribution is 2.28. The molecule has 0 saturated heterocycles. The zero-order chi connectivity index (χ0) is 14.5. The van der Waals surface area contributed by atoms with Crippen LogP contribution >= 0.6 is 23.4 Å². The summed E-state index contributed by atoms with van der Waals surface area (Å²) >= 11 is 7.60. The predicted octanol–water partition coefficient (Wildman–Crippen LogP) is 3.32. The lowest BCUT2D eigenvalue weighted by Gasteiger charge is -2.09. The number of nitrogens with one attached hydrogen (secondary N) is 1. The van der Waals surface area contributed by atoms with Crippen molar-refractivity contribution < 1.29 is 4.74 Å². The van der Waals surface area contributed by atoms with Crippen LogP contribution in [0.3, 0.4) is 0 Å². The Kier molecular flexibility index (Phi) is 4.87. The van der Waals surface area contributed by atoms with Gasteiger partial charge in [-0.15, -0.1) is 11.8 Å². The van der Waals surface area contributed by atoms with E-state index in [4.69, 9.17) is 27.5 Å². The molecule has 20 heavy (non-hydrogen) atoms. The van der Waals surface area contributed by atoms with E-state index in [-0.39, 0.29) is 5.84 Å². The lowest BCUT2D eigenvalue weighted by atomic mass is 10.1. The maximum atomic E-state index is 7.56. The minimum absolute atomic E-state index is 0.00966. The molecule has 0 bridgehead atoms. The topological polar surface area (TPSA) is 72.0 Å². The van der Waals surface area contributed by atoms with Crippen molar-refractivity contribution in [2.45, 2.75) is 10.8 Å². The first-order chi connectivity index (χ1) is 9.61. The van der Waals surface area contributed by atoms with Crippen LogP contribution in [0, 0.1) is 5.41 Å². The van der Waals surface area contributed by atoms with Crippen molar-refractivity contribution in [3.63, 3.8) is 0 Å². The normalized spacial score (nSPS) is 10.3. The Morgan fingerprint density at radius 2 is 2.25 bits per heavy atom. The monoisotopic (exact) mass is 307 g/mol. The number of pyridine rings is 1.